The van der Waals surface area contributed by atoms with E-state index in [1.54, 1.807) is 0 Å². The number of hydrogen-bond donors (Lipinski definition) is 2. The third kappa shape index (κ3) is 4.06. The van der Waals surface area contributed by atoms with Crippen molar-refractivity contribution in [1.82, 2.24) is 9.62 Å². The van der Waals surface area contributed by atoms with Crippen molar-refractivity contribution >= 4 is 21.9 Å². The van der Waals surface area contributed by atoms with Crippen LogP contribution in [0.3, 0.4) is 0 Å². The normalized spacial score (nSPS) is 25.7. The summed E-state index contributed by atoms with van der Waals surface area (Å²) in [5.74, 6) is -1.81. The summed E-state index contributed by atoms with van der Waals surface area (Å²) in [6.45, 7) is 5.59. The molecule has 0 bridgehead atoms. The minimum atomic E-state index is -3.79. The number of ether oxygens (including phenoxy) is 1. The molecule has 2 N–H and O–H groups in total. The van der Waals surface area contributed by atoms with Gasteiger partial charge in [-0.2, -0.15) is 4.31 Å². The number of amides is 1. The van der Waals surface area contributed by atoms with Gasteiger partial charge in [-0.3, -0.25) is 4.79 Å². The van der Waals surface area contributed by atoms with Crippen molar-refractivity contribution in [2.75, 3.05) is 13.1 Å². The maximum absolute atomic E-state index is 13.0. The minimum Gasteiger partial charge on any atom is -0.480 e. The minimum absolute atomic E-state index is 0.00454. The lowest BCUT2D eigenvalue weighted by molar-refractivity contribution is -0.144. The molecule has 0 unspecified atom stereocenters. The molecule has 0 radical (unpaired) electrons. The third-order valence-corrected chi connectivity index (χ3v) is 7.16. The molecule has 8 nitrogen and oxygen atoms in total. The summed E-state index contributed by atoms with van der Waals surface area (Å²) in [7, 11) is -3.79. The molecule has 1 heterocycles. The van der Waals surface area contributed by atoms with Gasteiger partial charge in [0.15, 0.2) is 0 Å². The average Bonchev–Trinajstić information content (AvgIpc) is 3.46. The number of morpholine rings is 1. The standard InChI is InChI=1S/C19H26N2O6S/c1-12-10-21(11-13(2)27-12)28(25,26)16-6-4-5-14(9-16)17(22)20-19(3,18(23)24)15-7-8-15/h4-6,9,12-13,15H,7-8,10-11H2,1-3H3,(H,20,22)(H,23,24)/t12-,13+,19-/m0/s1. The molecule has 154 valence electrons. The maximum Gasteiger partial charge on any atom is 0.329 e. The first-order chi connectivity index (χ1) is 13.0. The van der Waals surface area contributed by atoms with Crippen molar-refractivity contribution in [2.45, 2.75) is 56.3 Å². The molecule has 0 spiro atoms. The molecule has 1 aromatic carbocycles. The van der Waals surface area contributed by atoms with Crippen LogP contribution in [0.25, 0.3) is 0 Å². The number of hydrogen-bond acceptors (Lipinski definition) is 5. The van der Waals surface area contributed by atoms with Gasteiger partial charge in [-0.1, -0.05) is 6.07 Å². The molecule has 9 heteroatoms. The summed E-state index contributed by atoms with van der Waals surface area (Å²) >= 11 is 0. The fraction of sp³-hybridized carbons (Fsp3) is 0.579. The molecule has 1 saturated carbocycles. The zero-order chi connectivity index (χ0) is 20.7. The predicted octanol–water partition coefficient (Wildman–Crippen LogP) is 1.47. The van der Waals surface area contributed by atoms with Crippen molar-refractivity contribution in [3.05, 3.63) is 29.8 Å². The molecule has 3 atom stereocenters. The molecule has 0 aromatic heterocycles. The Morgan fingerprint density at radius 2 is 1.82 bits per heavy atom. The summed E-state index contributed by atoms with van der Waals surface area (Å²) in [4.78, 5) is 24.3. The van der Waals surface area contributed by atoms with Crippen LogP contribution in [0.4, 0.5) is 0 Å². The van der Waals surface area contributed by atoms with Gasteiger partial charge in [0.05, 0.1) is 17.1 Å². The van der Waals surface area contributed by atoms with Crippen LogP contribution in [0.2, 0.25) is 0 Å². The Morgan fingerprint density at radius 3 is 2.36 bits per heavy atom. The second kappa shape index (κ2) is 7.46. The summed E-state index contributed by atoms with van der Waals surface area (Å²) in [6.07, 6.45) is 1.04. The van der Waals surface area contributed by atoms with Gasteiger partial charge in [-0.05, 0) is 57.7 Å². The lowest BCUT2D eigenvalue weighted by Crippen LogP contribution is -2.54. The zero-order valence-electron chi connectivity index (χ0n) is 16.2. The van der Waals surface area contributed by atoms with Gasteiger partial charge in [0.25, 0.3) is 5.91 Å². The smallest absolute Gasteiger partial charge is 0.329 e. The Balaban J connectivity index is 1.83. The summed E-state index contributed by atoms with van der Waals surface area (Å²) in [5.41, 5.74) is -1.25. The lowest BCUT2D eigenvalue weighted by Gasteiger charge is -2.34. The van der Waals surface area contributed by atoms with Gasteiger partial charge < -0.3 is 15.2 Å². The van der Waals surface area contributed by atoms with E-state index in [4.69, 9.17) is 4.74 Å². The Morgan fingerprint density at radius 1 is 1.21 bits per heavy atom. The Hall–Kier alpha value is -1.97. The van der Waals surface area contributed by atoms with Crippen LogP contribution in [0, 0.1) is 5.92 Å². The van der Waals surface area contributed by atoms with E-state index in [9.17, 15) is 23.1 Å². The van der Waals surface area contributed by atoms with Crippen molar-refractivity contribution in [2.24, 2.45) is 5.92 Å². The van der Waals surface area contributed by atoms with Crippen LogP contribution < -0.4 is 5.32 Å². The average molecular weight is 410 g/mol. The number of carboxylic acid groups (broad SMARTS) is 1. The van der Waals surface area contributed by atoms with Gasteiger partial charge in [0, 0.05) is 18.7 Å². The van der Waals surface area contributed by atoms with E-state index in [1.165, 1.54) is 35.5 Å². The highest BCUT2D eigenvalue weighted by Crippen LogP contribution is 2.40. The van der Waals surface area contributed by atoms with Crippen LogP contribution in [0.15, 0.2) is 29.2 Å². The van der Waals surface area contributed by atoms with Crippen LogP contribution in [0.1, 0.15) is 44.0 Å². The van der Waals surface area contributed by atoms with E-state index in [0.29, 0.717) is 0 Å². The Bertz CT molecular complexity index is 872. The van der Waals surface area contributed by atoms with Gasteiger partial charge in [-0.25, -0.2) is 13.2 Å². The molecule has 1 aliphatic heterocycles. The third-order valence-electron chi connectivity index (χ3n) is 5.33. The van der Waals surface area contributed by atoms with E-state index in [0.717, 1.165) is 12.8 Å². The van der Waals surface area contributed by atoms with Crippen LogP contribution >= 0.6 is 0 Å². The highest BCUT2D eigenvalue weighted by molar-refractivity contribution is 7.89. The van der Waals surface area contributed by atoms with Crippen LogP contribution in [-0.4, -0.2) is 60.5 Å². The molecule has 1 aliphatic carbocycles. The number of rotatable bonds is 6. The first-order valence-electron chi connectivity index (χ1n) is 9.35. The summed E-state index contributed by atoms with van der Waals surface area (Å²) in [5, 5.41) is 12.1. The fourth-order valence-electron chi connectivity index (χ4n) is 3.57. The van der Waals surface area contributed by atoms with Gasteiger partial charge in [0.1, 0.15) is 5.54 Å². The van der Waals surface area contributed by atoms with Gasteiger partial charge in [-0.15, -0.1) is 0 Å². The lowest BCUT2D eigenvalue weighted by atomic mass is 9.95. The first-order valence-corrected chi connectivity index (χ1v) is 10.8. The number of nitrogens with zero attached hydrogens (tertiary/aromatic N) is 1. The number of benzene rings is 1. The predicted molar refractivity (Wildman–Crippen MR) is 101 cm³/mol. The number of carbonyl (C=O) groups is 2. The molecule has 2 aliphatic rings. The number of carboxylic acids is 1. The quantitative estimate of drug-likeness (QED) is 0.734. The van der Waals surface area contributed by atoms with Crippen LogP contribution in [0.5, 0.6) is 0 Å². The molecular formula is C19H26N2O6S. The molecule has 28 heavy (non-hydrogen) atoms. The molecular weight excluding hydrogens is 384 g/mol. The van der Waals surface area contributed by atoms with Crippen molar-refractivity contribution in [3.63, 3.8) is 0 Å². The first kappa shape index (κ1) is 20.8. The fourth-order valence-corrected chi connectivity index (χ4v) is 5.21. The number of carbonyl (C=O) groups excluding carboxylic acids is 1. The molecule has 1 aromatic rings. The molecule has 1 saturated heterocycles. The maximum atomic E-state index is 13.0. The van der Waals surface area contributed by atoms with E-state index in [2.05, 4.69) is 5.32 Å². The largest absolute Gasteiger partial charge is 0.480 e. The molecule has 2 fully saturated rings. The van der Waals surface area contributed by atoms with E-state index < -0.39 is 27.4 Å². The Labute approximate surface area is 164 Å². The van der Waals surface area contributed by atoms with E-state index in [1.807, 2.05) is 13.8 Å². The topological polar surface area (TPSA) is 113 Å². The zero-order valence-corrected chi connectivity index (χ0v) is 17.0. The summed E-state index contributed by atoms with van der Waals surface area (Å²) in [6, 6.07) is 5.71. The highest BCUT2D eigenvalue weighted by atomic mass is 32.2. The van der Waals surface area contributed by atoms with Crippen molar-refractivity contribution in [3.8, 4) is 0 Å². The van der Waals surface area contributed by atoms with Crippen molar-refractivity contribution in [1.29, 1.82) is 0 Å². The molecule has 1 amide bonds. The van der Waals surface area contributed by atoms with E-state index >= 15 is 0 Å². The van der Waals surface area contributed by atoms with Gasteiger partial charge in [0.2, 0.25) is 10.0 Å². The number of nitrogens with one attached hydrogen (secondary N) is 1. The van der Waals surface area contributed by atoms with Crippen LogP contribution in [-0.2, 0) is 19.6 Å². The Kier molecular flexibility index (Phi) is 5.53. The highest BCUT2D eigenvalue weighted by Gasteiger charge is 2.48. The monoisotopic (exact) mass is 410 g/mol. The number of aliphatic carboxylic acids is 1. The van der Waals surface area contributed by atoms with Crippen molar-refractivity contribution < 1.29 is 27.9 Å². The molecule has 3 rings (SSSR count). The summed E-state index contributed by atoms with van der Waals surface area (Å²) < 4.78 is 33.0. The second-order valence-electron chi connectivity index (χ2n) is 7.84. The van der Waals surface area contributed by atoms with E-state index in [-0.39, 0.29) is 41.7 Å². The number of sulfonamides is 1. The SMILES string of the molecule is C[C@@H]1CN(S(=O)(=O)c2cccc(C(=O)N[C@](C)(C(=O)O)C3CC3)c2)C[C@H](C)O1. The van der Waals surface area contributed by atoms with Gasteiger partial charge >= 0.3 is 5.97 Å². The second-order valence-corrected chi connectivity index (χ2v) is 9.78.